The first-order valence-corrected chi connectivity index (χ1v) is 7.48. The topological polar surface area (TPSA) is 88.3 Å². The van der Waals surface area contributed by atoms with Gasteiger partial charge in [-0.25, -0.2) is 4.63 Å². The van der Waals surface area contributed by atoms with Gasteiger partial charge in [0.15, 0.2) is 5.82 Å². The van der Waals surface area contributed by atoms with Crippen LogP contribution in [0, 0.1) is 12.8 Å². The third-order valence-corrected chi connectivity index (χ3v) is 3.98. The summed E-state index contributed by atoms with van der Waals surface area (Å²) >= 11 is 0. The quantitative estimate of drug-likeness (QED) is 0.932. The lowest BCUT2D eigenvalue weighted by Crippen LogP contribution is -2.47. The highest BCUT2D eigenvalue weighted by molar-refractivity contribution is 6.03. The van der Waals surface area contributed by atoms with Crippen LogP contribution in [0.2, 0.25) is 0 Å². The molecule has 1 N–H and O–H groups in total. The highest BCUT2D eigenvalue weighted by Gasteiger charge is 2.38. The lowest BCUT2D eigenvalue weighted by molar-refractivity contribution is -0.122. The van der Waals surface area contributed by atoms with E-state index in [0.717, 1.165) is 5.56 Å². The Morgan fingerprint density at radius 1 is 1.30 bits per heavy atom. The number of aryl methyl sites for hydroxylation is 1. The SMILES string of the molecule is Cc1nonc1NC(=O)[C@@H](C(C)C)N1Cc2ccccc2C1=O. The molecule has 1 aromatic heterocycles. The van der Waals surface area contributed by atoms with Gasteiger partial charge in [0, 0.05) is 12.1 Å². The van der Waals surface area contributed by atoms with Crippen molar-refractivity contribution in [3.63, 3.8) is 0 Å². The van der Waals surface area contributed by atoms with Gasteiger partial charge in [0.05, 0.1) is 0 Å². The van der Waals surface area contributed by atoms with E-state index in [2.05, 4.69) is 20.3 Å². The Labute approximate surface area is 133 Å². The standard InChI is InChI=1S/C16H18N4O3/c1-9(2)13(15(21)17-14-10(3)18-23-19-14)20-8-11-6-4-5-7-12(11)16(20)22/h4-7,9,13H,8H2,1-3H3,(H,17,19,21)/t13-/m1/s1. The minimum absolute atomic E-state index is 0.0478. The highest BCUT2D eigenvalue weighted by atomic mass is 16.6. The van der Waals surface area contributed by atoms with Crippen molar-refractivity contribution in [1.29, 1.82) is 0 Å². The lowest BCUT2D eigenvalue weighted by atomic mass is 10.0. The molecule has 0 fully saturated rings. The molecule has 1 aromatic carbocycles. The summed E-state index contributed by atoms with van der Waals surface area (Å²) in [6, 6.07) is 6.83. The van der Waals surface area contributed by atoms with Crippen molar-refractivity contribution in [2.24, 2.45) is 5.92 Å². The average Bonchev–Trinajstić information content (AvgIpc) is 3.04. The minimum atomic E-state index is -0.592. The Hall–Kier alpha value is -2.70. The molecule has 0 saturated heterocycles. The Kier molecular flexibility index (Phi) is 3.85. The van der Waals surface area contributed by atoms with Gasteiger partial charge in [-0.15, -0.1) is 0 Å². The molecule has 1 aliphatic heterocycles. The normalized spacial score (nSPS) is 15.0. The second-order valence-corrected chi connectivity index (χ2v) is 5.97. The van der Waals surface area contributed by atoms with Crippen LogP contribution < -0.4 is 5.32 Å². The van der Waals surface area contributed by atoms with Gasteiger partial charge in [0.25, 0.3) is 5.91 Å². The maximum Gasteiger partial charge on any atom is 0.255 e. The summed E-state index contributed by atoms with van der Waals surface area (Å²) in [5.41, 5.74) is 2.09. The van der Waals surface area contributed by atoms with Crippen LogP contribution in [0.3, 0.4) is 0 Å². The van der Waals surface area contributed by atoms with Gasteiger partial charge in [-0.2, -0.15) is 0 Å². The second-order valence-electron chi connectivity index (χ2n) is 5.97. The number of hydrogen-bond donors (Lipinski definition) is 1. The Balaban J connectivity index is 1.84. The molecular weight excluding hydrogens is 296 g/mol. The molecule has 7 heteroatoms. The fourth-order valence-corrected chi connectivity index (χ4v) is 2.84. The molecule has 1 atom stereocenters. The summed E-state index contributed by atoms with van der Waals surface area (Å²) in [5, 5.41) is 9.99. The largest absolute Gasteiger partial charge is 0.322 e. The van der Waals surface area contributed by atoms with E-state index in [1.807, 2.05) is 32.0 Å². The van der Waals surface area contributed by atoms with Gasteiger partial charge >= 0.3 is 0 Å². The van der Waals surface area contributed by atoms with E-state index in [9.17, 15) is 9.59 Å². The van der Waals surface area contributed by atoms with Crippen molar-refractivity contribution in [2.45, 2.75) is 33.4 Å². The Morgan fingerprint density at radius 3 is 2.65 bits per heavy atom. The molecule has 0 spiro atoms. The molecule has 0 aliphatic carbocycles. The van der Waals surface area contributed by atoms with E-state index in [-0.39, 0.29) is 23.6 Å². The summed E-state index contributed by atoms with van der Waals surface area (Å²) < 4.78 is 4.59. The van der Waals surface area contributed by atoms with Crippen LogP contribution in [0.5, 0.6) is 0 Å². The molecule has 2 amide bonds. The number of nitrogens with one attached hydrogen (secondary N) is 1. The summed E-state index contributed by atoms with van der Waals surface area (Å²) in [5.74, 6) is -0.178. The molecule has 1 aliphatic rings. The predicted molar refractivity (Wildman–Crippen MR) is 82.6 cm³/mol. The van der Waals surface area contributed by atoms with Crippen molar-refractivity contribution in [3.05, 3.63) is 41.1 Å². The number of rotatable bonds is 4. The molecule has 0 bridgehead atoms. The van der Waals surface area contributed by atoms with Crippen LogP contribution in [-0.4, -0.2) is 33.1 Å². The van der Waals surface area contributed by atoms with Crippen LogP contribution in [0.15, 0.2) is 28.9 Å². The zero-order valence-electron chi connectivity index (χ0n) is 13.2. The highest BCUT2D eigenvalue weighted by Crippen LogP contribution is 2.27. The van der Waals surface area contributed by atoms with E-state index >= 15 is 0 Å². The van der Waals surface area contributed by atoms with Crippen molar-refractivity contribution >= 4 is 17.6 Å². The van der Waals surface area contributed by atoms with Crippen molar-refractivity contribution in [3.8, 4) is 0 Å². The summed E-state index contributed by atoms with van der Waals surface area (Å²) in [6.45, 7) is 5.94. The van der Waals surface area contributed by atoms with E-state index in [1.54, 1.807) is 17.9 Å². The van der Waals surface area contributed by atoms with E-state index in [4.69, 9.17) is 0 Å². The van der Waals surface area contributed by atoms with E-state index in [1.165, 1.54) is 0 Å². The molecule has 0 radical (unpaired) electrons. The molecule has 7 nitrogen and oxygen atoms in total. The maximum absolute atomic E-state index is 12.7. The fourth-order valence-electron chi connectivity index (χ4n) is 2.84. The molecule has 0 saturated carbocycles. The first-order valence-electron chi connectivity index (χ1n) is 7.48. The number of carbonyl (C=O) groups excluding carboxylic acids is 2. The average molecular weight is 314 g/mol. The summed E-state index contributed by atoms with van der Waals surface area (Å²) in [7, 11) is 0. The lowest BCUT2D eigenvalue weighted by Gasteiger charge is -2.29. The number of carbonyl (C=O) groups is 2. The van der Waals surface area contributed by atoms with Gasteiger partial charge in [0.1, 0.15) is 11.7 Å². The van der Waals surface area contributed by atoms with Crippen LogP contribution in [0.1, 0.15) is 35.5 Å². The van der Waals surface area contributed by atoms with Gasteiger partial charge < -0.3 is 10.2 Å². The number of amides is 2. The summed E-state index contributed by atoms with van der Waals surface area (Å²) in [4.78, 5) is 26.9. The first-order chi connectivity index (χ1) is 11.0. The second kappa shape index (κ2) is 5.83. The van der Waals surface area contributed by atoms with E-state index in [0.29, 0.717) is 17.8 Å². The van der Waals surface area contributed by atoms with Crippen molar-refractivity contribution < 1.29 is 14.2 Å². The zero-order chi connectivity index (χ0) is 16.6. The van der Waals surface area contributed by atoms with Gasteiger partial charge in [0.2, 0.25) is 5.91 Å². The predicted octanol–water partition coefficient (Wildman–Crippen LogP) is 2.00. The Morgan fingerprint density at radius 2 is 2.04 bits per heavy atom. The molecule has 0 unspecified atom stereocenters. The number of anilines is 1. The number of benzene rings is 1. The summed E-state index contributed by atoms with van der Waals surface area (Å²) in [6.07, 6.45) is 0. The molecule has 2 aromatic rings. The van der Waals surface area contributed by atoms with Gasteiger partial charge in [-0.05, 0) is 29.6 Å². The van der Waals surface area contributed by atoms with E-state index < -0.39 is 6.04 Å². The number of hydrogen-bond acceptors (Lipinski definition) is 5. The molecule has 120 valence electrons. The molecule has 23 heavy (non-hydrogen) atoms. The van der Waals surface area contributed by atoms with Crippen LogP contribution in [-0.2, 0) is 11.3 Å². The van der Waals surface area contributed by atoms with Gasteiger partial charge in [-0.1, -0.05) is 37.2 Å². The monoisotopic (exact) mass is 314 g/mol. The molecular formula is C16H18N4O3. The minimum Gasteiger partial charge on any atom is -0.322 e. The van der Waals surface area contributed by atoms with Gasteiger partial charge in [-0.3, -0.25) is 9.59 Å². The Bertz CT molecular complexity index is 753. The van der Waals surface area contributed by atoms with Crippen LogP contribution in [0.25, 0.3) is 0 Å². The smallest absolute Gasteiger partial charge is 0.255 e. The van der Waals surface area contributed by atoms with Crippen molar-refractivity contribution in [1.82, 2.24) is 15.2 Å². The van der Waals surface area contributed by atoms with Crippen molar-refractivity contribution in [2.75, 3.05) is 5.32 Å². The number of nitrogens with zero attached hydrogens (tertiary/aromatic N) is 3. The van der Waals surface area contributed by atoms with Crippen LogP contribution in [0.4, 0.5) is 5.82 Å². The third-order valence-electron chi connectivity index (χ3n) is 3.98. The third kappa shape index (κ3) is 2.69. The number of aromatic nitrogens is 2. The fraction of sp³-hybridized carbons (Fsp3) is 0.375. The molecule has 3 rings (SSSR count). The number of fused-ring (bicyclic) bond motifs is 1. The molecule has 2 heterocycles. The maximum atomic E-state index is 12.7. The first kappa shape index (κ1) is 15.2. The van der Waals surface area contributed by atoms with Crippen LogP contribution >= 0.6 is 0 Å². The zero-order valence-corrected chi connectivity index (χ0v) is 13.2.